The fourth-order valence-electron chi connectivity index (χ4n) is 5.35. The van der Waals surface area contributed by atoms with Crippen molar-refractivity contribution in [2.75, 3.05) is 44.7 Å². The van der Waals surface area contributed by atoms with Gasteiger partial charge in [0, 0.05) is 37.5 Å². The van der Waals surface area contributed by atoms with Crippen molar-refractivity contribution in [3.05, 3.63) is 58.5 Å². The van der Waals surface area contributed by atoms with Gasteiger partial charge in [-0.1, -0.05) is 6.42 Å². The van der Waals surface area contributed by atoms with Gasteiger partial charge >= 0.3 is 0 Å². The van der Waals surface area contributed by atoms with Crippen LogP contribution in [0.4, 0.5) is 5.69 Å². The molecule has 174 valence electrons. The van der Waals surface area contributed by atoms with Crippen LogP contribution in [0.1, 0.15) is 37.7 Å². The van der Waals surface area contributed by atoms with Gasteiger partial charge in [-0.25, -0.2) is 4.98 Å². The molecule has 0 amide bonds. The van der Waals surface area contributed by atoms with Crippen LogP contribution in [-0.2, 0) is 0 Å². The van der Waals surface area contributed by atoms with E-state index in [4.69, 9.17) is 9.72 Å². The van der Waals surface area contributed by atoms with Crippen molar-refractivity contribution in [3.63, 3.8) is 0 Å². The van der Waals surface area contributed by atoms with Gasteiger partial charge in [0.2, 0.25) is 0 Å². The number of ether oxygens (including phenoxy) is 1. The average Bonchev–Trinajstić information content (AvgIpc) is 2.85. The van der Waals surface area contributed by atoms with Gasteiger partial charge in [-0.2, -0.15) is 0 Å². The van der Waals surface area contributed by atoms with E-state index < -0.39 is 0 Å². The molecule has 5 rings (SSSR count). The molecule has 0 bridgehead atoms. The Hall–Kier alpha value is -2.86. The zero-order chi connectivity index (χ0) is 22.8. The number of piperidine rings is 2. The first kappa shape index (κ1) is 22.0. The number of aromatic nitrogens is 2. The third-order valence-electron chi connectivity index (χ3n) is 7.28. The standard InChI is InChI=1S/C27H34N4O2/c1-20-16-22(6-8-25(20)33-2)24-17-27(32)31-19-23(7-9-26(31)28-24)30-14-10-21(11-15-30)18-29-12-4-3-5-13-29/h6-9,16-17,19,21H,3-5,10-15,18H2,1-2H3. The average molecular weight is 447 g/mol. The third-order valence-corrected chi connectivity index (χ3v) is 7.28. The Morgan fingerprint density at radius 1 is 1.00 bits per heavy atom. The number of hydrogen-bond donors (Lipinski definition) is 0. The van der Waals surface area contributed by atoms with Gasteiger partial charge in [-0.05, 0) is 87.5 Å². The molecule has 0 spiro atoms. The number of likely N-dealkylation sites (tertiary alicyclic amines) is 1. The van der Waals surface area contributed by atoms with Gasteiger partial charge in [0.25, 0.3) is 5.56 Å². The number of rotatable bonds is 5. The maximum absolute atomic E-state index is 13.0. The molecule has 4 heterocycles. The second kappa shape index (κ2) is 9.56. The van der Waals surface area contributed by atoms with Gasteiger partial charge in [0.05, 0.1) is 18.5 Å². The Balaban J connectivity index is 1.31. The highest BCUT2D eigenvalue weighted by molar-refractivity contribution is 5.64. The lowest BCUT2D eigenvalue weighted by atomic mass is 9.95. The molecule has 0 atom stereocenters. The van der Waals surface area contributed by atoms with E-state index in [2.05, 4.69) is 15.9 Å². The molecule has 2 aliphatic heterocycles. The summed E-state index contributed by atoms with van der Waals surface area (Å²) in [5, 5.41) is 0. The van der Waals surface area contributed by atoms with Gasteiger partial charge in [0.1, 0.15) is 11.4 Å². The molecule has 0 N–H and O–H groups in total. The zero-order valence-electron chi connectivity index (χ0n) is 19.8. The summed E-state index contributed by atoms with van der Waals surface area (Å²) in [7, 11) is 1.66. The minimum absolute atomic E-state index is 0.0506. The van der Waals surface area contributed by atoms with Crippen LogP contribution in [0, 0.1) is 12.8 Å². The molecule has 2 saturated heterocycles. The first-order valence-corrected chi connectivity index (χ1v) is 12.3. The smallest absolute Gasteiger partial charge is 0.258 e. The number of pyridine rings is 1. The van der Waals surface area contributed by atoms with Crippen molar-refractivity contribution in [3.8, 4) is 17.0 Å². The summed E-state index contributed by atoms with van der Waals surface area (Å²) in [5.41, 5.74) is 4.37. The van der Waals surface area contributed by atoms with Crippen molar-refractivity contribution in [1.29, 1.82) is 0 Å². The number of anilines is 1. The van der Waals surface area contributed by atoms with Gasteiger partial charge < -0.3 is 14.5 Å². The van der Waals surface area contributed by atoms with E-state index in [0.717, 1.165) is 41.6 Å². The van der Waals surface area contributed by atoms with Crippen LogP contribution in [0.2, 0.25) is 0 Å². The first-order chi connectivity index (χ1) is 16.1. The molecular formula is C27H34N4O2. The summed E-state index contributed by atoms with van der Waals surface area (Å²) >= 11 is 0. The van der Waals surface area contributed by atoms with Gasteiger partial charge in [-0.15, -0.1) is 0 Å². The molecule has 6 nitrogen and oxygen atoms in total. The van der Waals surface area contributed by atoms with Crippen molar-refractivity contribution >= 4 is 11.3 Å². The summed E-state index contributed by atoms with van der Waals surface area (Å²) < 4.78 is 7.03. The number of hydrogen-bond acceptors (Lipinski definition) is 5. The van der Waals surface area contributed by atoms with Crippen LogP contribution in [0.5, 0.6) is 5.75 Å². The molecule has 2 aliphatic rings. The highest BCUT2D eigenvalue weighted by Crippen LogP contribution is 2.27. The quantitative estimate of drug-likeness (QED) is 0.582. The first-order valence-electron chi connectivity index (χ1n) is 12.3. The van der Waals surface area contributed by atoms with Crippen molar-refractivity contribution in [2.45, 2.75) is 39.0 Å². The lowest BCUT2D eigenvalue weighted by Gasteiger charge is -2.37. The van der Waals surface area contributed by atoms with E-state index in [1.165, 1.54) is 51.7 Å². The van der Waals surface area contributed by atoms with Gasteiger partial charge in [0.15, 0.2) is 0 Å². The maximum Gasteiger partial charge on any atom is 0.258 e. The van der Waals surface area contributed by atoms with E-state index in [1.807, 2.05) is 37.4 Å². The molecule has 2 fully saturated rings. The Bertz CT molecular complexity index is 1170. The van der Waals surface area contributed by atoms with Crippen LogP contribution in [0.15, 0.2) is 47.4 Å². The molecule has 0 saturated carbocycles. The fraction of sp³-hybridized carbons (Fsp3) is 0.481. The van der Waals surface area contributed by atoms with Crippen LogP contribution in [0.3, 0.4) is 0 Å². The van der Waals surface area contributed by atoms with Crippen LogP contribution < -0.4 is 15.2 Å². The van der Waals surface area contributed by atoms with Crippen LogP contribution >= 0.6 is 0 Å². The van der Waals surface area contributed by atoms with Crippen molar-refractivity contribution in [2.24, 2.45) is 5.92 Å². The summed E-state index contributed by atoms with van der Waals surface area (Å²) in [6.45, 7) is 7.91. The van der Waals surface area contributed by atoms with E-state index in [9.17, 15) is 4.79 Å². The van der Waals surface area contributed by atoms with Crippen LogP contribution in [-0.4, -0.2) is 54.1 Å². The molecule has 0 radical (unpaired) electrons. The lowest BCUT2D eigenvalue weighted by molar-refractivity contribution is 0.181. The Morgan fingerprint density at radius 3 is 2.52 bits per heavy atom. The topological polar surface area (TPSA) is 50.1 Å². The maximum atomic E-state index is 13.0. The molecular weight excluding hydrogens is 412 g/mol. The Labute approximate surface area is 195 Å². The van der Waals surface area contributed by atoms with Crippen LogP contribution in [0.25, 0.3) is 16.9 Å². The highest BCUT2D eigenvalue weighted by atomic mass is 16.5. The number of benzene rings is 1. The Kier molecular flexibility index (Phi) is 6.36. The summed E-state index contributed by atoms with van der Waals surface area (Å²) in [6.07, 6.45) is 8.51. The van der Waals surface area contributed by atoms with E-state index in [0.29, 0.717) is 11.3 Å². The second-order valence-corrected chi connectivity index (χ2v) is 9.57. The molecule has 0 unspecified atom stereocenters. The third kappa shape index (κ3) is 4.76. The monoisotopic (exact) mass is 446 g/mol. The molecule has 2 aromatic heterocycles. The minimum atomic E-state index is -0.0506. The van der Waals surface area contributed by atoms with E-state index in [-0.39, 0.29) is 5.56 Å². The zero-order valence-corrected chi connectivity index (χ0v) is 19.8. The van der Waals surface area contributed by atoms with E-state index in [1.54, 1.807) is 17.6 Å². The molecule has 0 aliphatic carbocycles. The van der Waals surface area contributed by atoms with E-state index >= 15 is 0 Å². The SMILES string of the molecule is COc1ccc(-c2cc(=O)n3cc(N4CCC(CN5CCCCC5)CC4)ccc3n2)cc1C. The predicted octanol–water partition coefficient (Wildman–Crippen LogP) is 4.38. The molecule has 33 heavy (non-hydrogen) atoms. The van der Waals surface area contributed by atoms with Crippen molar-refractivity contribution in [1.82, 2.24) is 14.3 Å². The van der Waals surface area contributed by atoms with Crippen molar-refractivity contribution < 1.29 is 4.74 Å². The molecule has 3 aromatic rings. The minimum Gasteiger partial charge on any atom is -0.496 e. The largest absolute Gasteiger partial charge is 0.496 e. The number of methoxy groups -OCH3 is 1. The summed E-state index contributed by atoms with van der Waals surface area (Å²) in [4.78, 5) is 22.8. The number of fused-ring (bicyclic) bond motifs is 1. The fourth-order valence-corrected chi connectivity index (χ4v) is 5.35. The normalized spacial score (nSPS) is 18.1. The predicted molar refractivity (Wildman–Crippen MR) is 133 cm³/mol. The number of nitrogens with zero attached hydrogens (tertiary/aromatic N) is 4. The lowest BCUT2D eigenvalue weighted by Crippen LogP contribution is -2.40. The second-order valence-electron chi connectivity index (χ2n) is 9.57. The summed E-state index contributed by atoms with van der Waals surface area (Å²) in [6, 6.07) is 11.6. The highest BCUT2D eigenvalue weighted by Gasteiger charge is 2.23. The summed E-state index contributed by atoms with van der Waals surface area (Å²) in [5.74, 6) is 1.63. The molecule has 6 heteroatoms. The molecule has 1 aromatic carbocycles. The number of aryl methyl sites for hydroxylation is 1. The Morgan fingerprint density at radius 2 is 1.79 bits per heavy atom. The van der Waals surface area contributed by atoms with Gasteiger partial charge in [-0.3, -0.25) is 9.20 Å².